The molecule has 558 valence electrons. The van der Waals surface area contributed by atoms with Crippen LogP contribution in [-0.4, -0.2) is 233 Å². The number of nitrogens with one attached hydrogen (secondary N) is 3. The van der Waals surface area contributed by atoms with Crippen LogP contribution in [-0.2, 0) is 52.2 Å². The highest BCUT2D eigenvalue weighted by Crippen LogP contribution is 2.33. The Hall–Kier alpha value is -10.5. The molecule has 32 heteroatoms. The van der Waals surface area contributed by atoms with Crippen LogP contribution in [0.4, 0.5) is 62.1 Å². The number of carbonyl (C=O) groups is 5. The lowest BCUT2D eigenvalue weighted by Gasteiger charge is -2.31. The van der Waals surface area contributed by atoms with Crippen molar-refractivity contribution in [2.24, 2.45) is 5.92 Å². The van der Waals surface area contributed by atoms with Crippen LogP contribution in [0.3, 0.4) is 0 Å². The molecule has 1 aromatic carbocycles. The Morgan fingerprint density at radius 1 is 0.438 bits per heavy atom. The van der Waals surface area contributed by atoms with Crippen LogP contribution in [0.15, 0.2) is 85.3 Å². The molecule has 6 saturated heterocycles. The van der Waals surface area contributed by atoms with Gasteiger partial charge in [0.2, 0.25) is 19.0 Å². The van der Waals surface area contributed by atoms with Crippen LogP contribution in [0.25, 0.3) is 34.0 Å². The summed E-state index contributed by atoms with van der Waals surface area (Å²) in [7, 11) is 0. The zero-order valence-corrected chi connectivity index (χ0v) is 60.5. The summed E-state index contributed by atoms with van der Waals surface area (Å²) in [5.74, 6) is 5.80. The van der Waals surface area contributed by atoms with Crippen LogP contribution < -0.4 is 45.3 Å². The van der Waals surface area contributed by atoms with E-state index in [0.29, 0.717) is 101 Å². The third-order valence-electron chi connectivity index (χ3n) is 17.7. The Labute approximate surface area is 609 Å². The molecule has 0 radical (unpaired) electrons. The average molecular weight is 1450 g/mol. The van der Waals surface area contributed by atoms with Gasteiger partial charge in [0.15, 0.2) is 11.6 Å². The summed E-state index contributed by atoms with van der Waals surface area (Å²) in [4.78, 5) is 115. The van der Waals surface area contributed by atoms with E-state index >= 15 is 0 Å². The van der Waals surface area contributed by atoms with E-state index in [9.17, 15) is 24.0 Å². The number of morpholine rings is 5. The SMILES string of the molecule is CC(=O)OCOC(=O)Nc1cc(C)c(-c2nc(N3CCOCC3)cc(N3CCOCC3)n2)cn1.Cc1cc(NC(=O)OC(C)OC(=O)C(C)C)ncc1-c1nc(N2CCOCC2)cc(N2CCOCC2)n1.Cc1cc(NC(=O)c2ccccc2)ncc1-c1cc(N2CCOCC2)nc(N2CCCCC2)n1. The number of rotatable bonds is 18. The van der Waals surface area contributed by atoms with E-state index in [1.807, 2.05) is 63.2 Å². The maximum atomic E-state index is 12.5. The van der Waals surface area contributed by atoms with Crippen molar-refractivity contribution in [2.75, 3.05) is 197 Å². The lowest BCUT2D eigenvalue weighted by Crippen LogP contribution is -2.39. The van der Waals surface area contributed by atoms with Gasteiger partial charge in [-0.3, -0.25) is 25.0 Å². The number of piperidine rings is 1. The third-order valence-corrected chi connectivity index (χ3v) is 17.7. The molecule has 6 aliphatic heterocycles. The molecule has 0 aliphatic carbocycles. The predicted octanol–water partition coefficient (Wildman–Crippen LogP) is 8.13. The molecule has 1 atom stereocenters. The van der Waals surface area contributed by atoms with E-state index < -0.39 is 37.2 Å². The molecule has 105 heavy (non-hydrogen) atoms. The maximum absolute atomic E-state index is 12.5. The van der Waals surface area contributed by atoms with Gasteiger partial charge in [-0.05, 0) is 87.1 Å². The number of aryl methyl sites for hydroxylation is 3. The molecule has 6 aliphatic rings. The molecule has 13 rings (SSSR count). The van der Waals surface area contributed by atoms with E-state index in [1.54, 1.807) is 56.7 Å². The molecule has 6 aromatic heterocycles. The molecule has 0 bridgehead atoms. The van der Waals surface area contributed by atoms with E-state index in [0.717, 1.165) is 165 Å². The van der Waals surface area contributed by atoms with Gasteiger partial charge in [-0.25, -0.2) is 49.5 Å². The molecule has 12 heterocycles. The minimum atomic E-state index is -1.02. The zero-order chi connectivity index (χ0) is 73.6. The standard InChI is InChI=1S/C26H30N6O2.C25H34N6O6.C22H28N6O6/c1-19-16-23(29-25(33)20-8-4-2-5-9-20)27-18-21(19)22-17-24(31-12-14-34-15-13-31)30-26(28-22)32-10-6-3-7-11-32;1-16(2)24(32)36-18(4)37-25(33)27-20-13-17(3)19(15-26-20)23-28-21(30-5-9-34-10-6-30)14-22(29-23)31-7-11-35-12-8-31;1-15-11-18(24-22(30)34-14-33-16(2)29)23-13-17(15)21-25-19(27-3-7-31-8-4-27)12-20(26-21)28-5-9-32-10-6-28/h2,4-5,8-9,16-18H,3,6-7,10-15H2,1H3,(H,27,29,33);13-16,18H,5-12H2,1-4H3,(H,26,27,33);11-13H,3-10,14H2,1-2H3,(H,23,24,30). The van der Waals surface area contributed by atoms with Gasteiger partial charge < -0.3 is 77.3 Å². The van der Waals surface area contributed by atoms with Gasteiger partial charge in [0.05, 0.1) is 77.7 Å². The Morgan fingerprint density at radius 3 is 1.25 bits per heavy atom. The summed E-state index contributed by atoms with van der Waals surface area (Å²) in [5, 5.41) is 7.98. The van der Waals surface area contributed by atoms with Gasteiger partial charge in [0, 0.05) is 151 Å². The molecule has 3 N–H and O–H groups in total. The molecular weight excluding hydrogens is 1350 g/mol. The van der Waals surface area contributed by atoms with Crippen LogP contribution in [0.1, 0.15) is 74.0 Å². The Bertz CT molecular complexity index is 3980. The van der Waals surface area contributed by atoms with Gasteiger partial charge in [0.25, 0.3) is 5.91 Å². The second-order valence-electron chi connectivity index (χ2n) is 25.7. The molecule has 3 amide bonds. The quantitative estimate of drug-likeness (QED) is 0.0539. The van der Waals surface area contributed by atoms with E-state index in [-0.39, 0.29) is 11.8 Å². The lowest BCUT2D eigenvalue weighted by atomic mass is 10.1. The van der Waals surface area contributed by atoms with Gasteiger partial charge in [-0.2, -0.15) is 4.98 Å². The predicted molar refractivity (Wildman–Crippen MR) is 393 cm³/mol. The van der Waals surface area contributed by atoms with Crippen molar-refractivity contribution in [2.45, 2.75) is 74.0 Å². The summed E-state index contributed by atoms with van der Waals surface area (Å²) in [6.45, 7) is 27.7. The smallest absolute Gasteiger partial charge is 0.415 e. The van der Waals surface area contributed by atoms with Crippen molar-refractivity contribution in [3.63, 3.8) is 0 Å². The van der Waals surface area contributed by atoms with Crippen molar-refractivity contribution >= 4 is 82.5 Å². The minimum absolute atomic E-state index is 0.177. The van der Waals surface area contributed by atoms with E-state index in [2.05, 4.69) is 65.0 Å². The number of aromatic nitrogens is 9. The molecule has 7 aromatic rings. The Morgan fingerprint density at radius 2 is 0.838 bits per heavy atom. The van der Waals surface area contributed by atoms with E-state index in [4.69, 9.17) is 67.8 Å². The fourth-order valence-electron chi connectivity index (χ4n) is 12.0. The van der Waals surface area contributed by atoms with Gasteiger partial charge in [-0.1, -0.05) is 32.0 Å². The molecule has 0 saturated carbocycles. The van der Waals surface area contributed by atoms with Crippen molar-refractivity contribution in [3.05, 3.63) is 108 Å². The first-order chi connectivity index (χ1) is 51.0. The van der Waals surface area contributed by atoms with Gasteiger partial charge in [-0.15, -0.1) is 0 Å². The minimum Gasteiger partial charge on any atom is -0.428 e. The Kier molecular flexibility index (Phi) is 26.8. The molecule has 6 fully saturated rings. The highest BCUT2D eigenvalue weighted by atomic mass is 16.7. The number of hydrogen-bond donors (Lipinski definition) is 3. The monoisotopic (exact) mass is 1440 g/mol. The zero-order valence-electron chi connectivity index (χ0n) is 60.5. The topological polar surface area (TPSA) is 340 Å². The normalized spacial score (nSPS) is 16.5. The van der Waals surface area contributed by atoms with Crippen LogP contribution in [0.2, 0.25) is 0 Å². The van der Waals surface area contributed by atoms with Crippen LogP contribution in [0, 0.1) is 26.7 Å². The number of ether oxygens (including phenoxy) is 9. The summed E-state index contributed by atoms with van der Waals surface area (Å²) >= 11 is 0. The van der Waals surface area contributed by atoms with Gasteiger partial charge >= 0.3 is 24.1 Å². The molecule has 32 nitrogen and oxygen atoms in total. The number of anilines is 9. The summed E-state index contributed by atoms with van der Waals surface area (Å²) < 4.78 is 47.1. The highest BCUT2D eigenvalue weighted by molar-refractivity contribution is 6.03. The molecule has 1 unspecified atom stereocenters. The molecule has 0 spiro atoms. The number of benzene rings is 1. The van der Waals surface area contributed by atoms with Gasteiger partial charge in [0.1, 0.15) is 46.5 Å². The number of carbonyl (C=O) groups excluding carboxylic acids is 5. The maximum Gasteiger partial charge on any atom is 0.415 e. The number of esters is 2. The van der Waals surface area contributed by atoms with Crippen molar-refractivity contribution in [1.29, 1.82) is 0 Å². The largest absolute Gasteiger partial charge is 0.428 e. The lowest BCUT2D eigenvalue weighted by molar-refractivity contribution is -0.168. The van der Waals surface area contributed by atoms with E-state index in [1.165, 1.54) is 20.3 Å². The third kappa shape index (κ3) is 21.6. The van der Waals surface area contributed by atoms with Crippen molar-refractivity contribution in [3.8, 4) is 34.0 Å². The van der Waals surface area contributed by atoms with Crippen LogP contribution >= 0.6 is 0 Å². The first-order valence-electron chi connectivity index (χ1n) is 35.5. The second kappa shape index (κ2) is 37.2. The fourth-order valence-corrected chi connectivity index (χ4v) is 12.0. The molecular formula is C73H92N18O14. The first-order valence-corrected chi connectivity index (χ1v) is 35.5. The van der Waals surface area contributed by atoms with Crippen molar-refractivity contribution in [1.82, 2.24) is 44.9 Å². The number of nitrogens with zero attached hydrogens (tertiary/aromatic N) is 15. The van der Waals surface area contributed by atoms with Crippen molar-refractivity contribution < 1.29 is 66.6 Å². The average Bonchev–Trinajstić information content (AvgIpc) is 0.806. The summed E-state index contributed by atoms with van der Waals surface area (Å²) in [6, 6.07) is 20.6. The fraction of sp³-hybridized carbons (Fsp3) is 0.479. The Balaban J connectivity index is 0.000000158. The first kappa shape index (κ1) is 75.6. The number of pyridine rings is 3. The summed E-state index contributed by atoms with van der Waals surface area (Å²) in [5.41, 5.74) is 6.55. The number of amides is 3. The number of hydrogen-bond acceptors (Lipinski definition) is 29. The second-order valence-corrected chi connectivity index (χ2v) is 25.7. The highest BCUT2D eigenvalue weighted by Gasteiger charge is 2.26. The summed E-state index contributed by atoms with van der Waals surface area (Å²) in [6.07, 6.45) is 6.06. The van der Waals surface area contributed by atoms with Crippen LogP contribution in [0.5, 0.6) is 0 Å².